The van der Waals surface area contributed by atoms with E-state index in [0.717, 1.165) is 41.9 Å². The minimum absolute atomic E-state index is 0.679. The van der Waals surface area contributed by atoms with E-state index in [2.05, 4.69) is 57.2 Å². The number of tetrazole rings is 1. The molecule has 0 spiro atoms. The number of thioether (sulfide) groups is 1. The number of rotatable bonds is 10. The van der Waals surface area contributed by atoms with E-state index in [9.17, 15) is 0 Å². The molecule has 3 aromatic carbocycles. The van der Waals surface area contributed by atoms with Gasteiger partial charge >= 0.3 is 0 Å². The Labute approximate surface area is 180 Å². The summed E-state index contributed by atoms with van der Waals surface area (Å²) in [5, 5.41) is 17.8. The number of ether oxygens (including phenoxy) is 1. The lowest BCUT2D eigenvalue weighted by Crippen LogP contribution is -2.82. The van der Waals surface area contributed by atoms with Crippen LogP contribution in [0.3, 0.4) is 0 Å². The summed E-state index contributed by atoms with van der Waals surface area (Å²) in [6, 6.07) is 22.7. The highest BCUT2D eigenvalue weighted by Crippen LogP contribution is 2.27. The van der Waals surface area contributed by atoms with Crippen molar-refractivity contribution in [1.29, 1.82) is 0 Å². The summed E-state index contributed by atoms with van der Waals surface area (Å²) >= 11 is 1.69. The second kappa shape index (κ2) is 10.2. The number of quaternary nitrogens is 1. The fourth-order valence-electron chi connectivity index (χ4n) is 3.45. The molecule has 4 rings (SSSR count). The van der Waals surface area contributed by atoms with Crippen molar-refractivity contribution in [3.63, 3.8) is 0 Å². The third-order valence-electron chi connectivity index (χ3n) is 4.87. The summed E-state index contributed by atoms with van der Waals surface area (Å²) in [5.41, 5.74) is 2.26. The maximum atomic E-state index is 5.88. The van der Waals surface area contributed by atoms with Crippen molar-refractivity contribution in [3.8, 4) is 11.4 Å². The van der Waals surface area contributed by atoms with E-state index < -0.39 is 0 Å². The Morgan fingerprint density at radius 2 is 1.83 bits per heavy atom. The lowest BCUT2D eigenvalue weighted by atomic mass is 10.0. The zero-order valence-electron chi connectivity index (χ0n) is 17.1. The fraction of sp³-hybridized carbons (Fsp3) is 0.261. The standard InChI is InChI=1S/C23H25N5OS/c1-2-29-22-14-13-18-9-6-7-12-20(18)21(22)17-24-15-8-16-30-23-25-26-27-28(23)19-10-4-3-5-11-19/h3-7,9-14,24H,2,8,15-17H2,1H3/p+1. The topological polar surface area (TPSA) is 69.4 Å². The largest absolute Gasteiger partial charge is 0.493 e. The van der Waals surface area contributed by atoms with E-state index in [1.807, 2.05) is 37.3 Å². The van der Waals surface area contributed by atoms with Crippen molar-refractivity contribution < 1.29 is 10.1 Å². The third kappa shape index (κ3) is 4.80. The minimum Gasteiger partial charge on any atom is -0.493 e. The highest BCUT2D eigenvalue weighted by atomic mass is 32.2. The molecule has 6 nitrogen and oxygen atoms in total. The Kier molecular flexibility index (Phi) is 6.95. The molecule has 1 aromatic heterocycles. The number of benzene rings is 3. The van der Waals surface area contributed by atoms with E-state index in [4.69, 9.17) is 4.74 Å². The molecule has 0 aliphatic heterocycles. The summed E-state index contributed by atoms with van der Waals surface area (Å²) < 4.78 is 7.67. The number of aromatic nitrogens is 4. The van der Waals surface area contributed by atoms with Crippen molar-refractivity contribution >= 4 is 22.5 Å². The molecule has 0 atom stereocenters. The molecule has 0 amide bonds. The second-order valence-electron chi connectivity index (χ2n) is 6.89. The Morgan fingerprint density at radius 3 is 2.70 bits per heavy atom. The van der Waals surface area contributed by atoms with Crippen molar-refractivity contribution in [2.24, 2.45) is 0 Å². The van der Waals surface area contributed by atoms with Gasteiger partial charge in [-0.2, -0.15) is 4.68 Å². The predicted molar refractivity (Wildman–Crippen MR) is 120 cm³/mol. The molecule has 1 heterocycles. The van der Waals surface area contributed by atoms with Crippen LogP contribution >= 0.6 is 11.8 Å². The monoisotopic (exact) mass is 420 g/mol. The Morgan fingerprint density at radius 1 is 1.00 bits per heavy atom. The van der Waals surface area contributed by atoms with Gasteiger partial charge < -0.3 is 10.1 Å². The Bertz CT molecular complexity index is 1080. The van der Waals surface area contributed by atoms with Crippen LogP contribution in [0.2, 0.25) is 0 Å². The van der Waals surface area contributed by atoms with Crippen LogP contribution in [0.15, 0.2) is 71.9 Å². The van der Waals surface area contributed by atoms with Crippen molar-refractivity contribution in [2.75, 3.05) is 18.9 Å². The van der Waals surface area contributed by atoms with Gasteiger partial charge in [0.1, 0.15) is 12.3 Å². The first kappa shape index (κ1) is 20.4. The molecular formula is C23H26N5OS+. The number of nitrogens with zero attached hydrogens (tertiary/aromatic N) is 4. The summed E-state index contributed by atoms with van der Waals surface area (Å²) in [4.78, 5) is 0. The van der Waals surface area contributed by atoms with Gasteiger partial charge in [0.05, 0.1) is 24.4 Å². The highest BCUT2D eigenvalue weighted by Gasteiger charge is 2.11. The maximum absolute atomic E-state index is 5.88. The Hall–Kier alpha value is -2.90. The van der Waals surface area contributed by atoms with Gasteiger partial charge in [-0.15, -0.1) is 5.10 Å². The summed E-state index contributed by atoms with van der Waals surface area (Å²) in [6.45, 7) is 4.65. The molecule has 4 aromatic rings. The van der Waals surface area contributed by atoms with Gasteiger partial charge in [0.2, 0.25) is 5.16 Å². The lowest BCUT2D eigenvalue weighted by Gasteiger charge is -2.12. The number of hydrogen-bond donors (Lipinski definition) is 1. The van der Waals surface area contributed by atoms with Gasteiger partial charge in [0, 0.05) is 12.2 Å². The molecule has 0 fully saturated rings. The van der Waals surface area contributed by atoms with Gasteiger partial charge in [0.15, 0.2) is 0 Å². The molecule has 30 heavy (non-hydrogen) atoms. The SMILES string of the molecule is CCOc1ccc2ccccc2c1C[NH2+]CCCSc1nnnn1-c1ccccc1. The lowest BCUT2D eigenvalue weighted by molar-refractivity contribution is -0.670. The average Bonchev–Trinajstić information content (AvgIpc) is 3.26. The highest BCUT2D eigenvalue weighted by molar-refractivity contribution is 7.99. The molecule has 7 heteroatoms. The molecule has 0 unspecified atom stereocenters. The van der Waals surface area contributed by atoms with Gasteiger partial charge in [0.25, 0.3) is 0 Å². The maximum Gasteiger partial charge on any atom is 0.214 e. The number of nitrogens with two attached hydrogens (primary N) is 1. The molecular weight excluding hydrogens is 394 g/mol. The van der Waals surface area contributed by atoms with E-state index in [0.29, 0.717) is 6.61 Å². The van der Waals surface area contributed by atoms with E-state index in [1.54, 1.807) is 16.4 Å². The van der Waals surface area contributed by atoms with E-state index in [1.165, 1.54) is 16.3 Å². The minimum atomic E-state index is 0.679. The van der Waals surface area contributed by atoms with Crippen LogP contribution in [-0.2, 0) is 6.54 Å². The smallest absolute Gasteiger partial charge is 0.214 e. The molecule has 0 aliphatic carbocycles. The van der Waals surface area contributed by atoms with Crippen LogP contribution in [0.5, 0.6) is 5.75 Å². The van der Waals surface area contributed by atoms with Gasteiger partial charge in [-0.1, -0.05) is 60.3 Å². The summed E-state index contributed by atoms with van der Waals surface area (Å²) in [6.07, 6.45) is 1.07. The first-order valence-corrected chi connectivity index (χ1v) is 11.3. The molecule has 0 aliphatic rings. The van der Waals surface area contributed by atoms with Gasteiger partial charge in [-0.05, 0) is 46.3 Å². The zero-order valence-corrected chi connectivity index (χ0v) is 17.9. The first-order chi connectivity index (χ1) is 14.9. The van der Waals surface area contributed by atoms with Crippen molar-refractivity contribution in [2.45, 2.75) is 25.0 Å². The quantitative estimate of drug-likeness (QED) is 0.314. The van der Waals surface area contributed by atoms with Crippen LogP contribution in [0.1, 0.15) is 18.9 Å². The van der Waals surface area contributed by atoms with E-state index in [-0.39, 0.29) is 0 Å². The molecule has 0 radical (unpaired) electrons. The van der Waals surface area contributed by atoms with Gasteiger partial charge in [-0.3, -0.25) is 0 Å². The molecule has 0 saturated heterocycles. The van der Waals surface area contributed by atoms with Crippen molar-refractivity contribution in [3.05, 3.63) is 72.3 Å². The summed E-state index contributed by atoms with van der Waals surface area (Å²) in [7, 11) is 0. The normalized spacial score (nSPS) is 11.1. The number of fused-ring (bicyclic) bond motifs is 1. The number of hydrogen-bond acceptors (Lipinski definition) is 5. The van der Waals surface area contributed by atoms with Crippen molar-refractivity contribution in [1.82, 2.24) is 20.2 Å². The number of para-hydroxylation sites is 1. The molecule has 0 saturated carbocycles. The van der Waals surface area contributed by atoms with E-state index >= 15 is 0 Å². The van der Waals surface area contributed by atoms with Crippen LogP contribution in [0, 0.1) is 0 Å². The van der Waals surface area contributed by atoms with Crippen LogP contribution in [-0.4, -0.2) is 39.1 Å². The Balaban J connectivity index is 1.31. The fourth-order valence-corrected chi connectivity index (χ4v) is 4.31. The second-order valence-corrected chi connectivity index (χ2v) is 7.95. The van der Waals surface area contributed by atoms with Crippen LogP contribution in [0.4, 0.5) is 0 Å². The molecule has 154 valence electrons. The summed E-state index contributed by atoms with van der Waals surface area (Å²) in [5.74, 6) is 1.96. The van der Waals surface area contributed by atoms with Crippen LogP contribution in [0.25, 0.3) is 16.5 Å². The zero-order chi connectivity index (χ0) is 20.6. The third-order valence-corrected chi connectivity index (χ3v) is 5.88. The van der Waals surface area contributed by atoms with Crippen LogP contribution < -0.4 is 10.1 Å². The predicted octanol–water partition coefficient (Wildman–Crippen LogP) is 3.46. The molecule has 0 bridgehead atoms. The average molecular weight is 421 g/mol. The first-order valence-electron chi connectivity index (χ1n) is 10.3. The van der Waals surface area contributed by atoms with Gasteiger partial charge in [-0.25, -0.2) is 0 Å². The molecule has 2 N–H and O–H groups in total.